The Bertz CT molecular complexity index is 665. The lowest BCUT2D eigenvalue weighted by molar-refractivity contribution is -0.121. The van der Waals surface area contributed by atoms with Gasteiger partial charge in [-0.05, 0) is 31.9 Å². The van der Waals surface area contributed by atoms with Gasteiger partial charge in [-0.15, -0.1) is 11.3 Å². The highest BCUT2D eigenvalue weighted by Gasteiger charge is 2.30. The van der Waals surface area contributed by atoms with Crippen LogP contribution in [0.5, 0.6) is 0 Å². The van der Waals surface area contributed by atoms with Crippen molar-refractivity contribution in [3.63, 3.8) is 0 Å². The Labute approximate surface area is 132 Å². The highest BCUT2D eigenvalue weighted by Crippen LogP contribution is 2.22. The van der Waals surface area contributed by atoms with Crippen molar-refractivity contribution in [3.8, 4) is 0 Å². The number of nitrogens with one attached hydrogen (secondary N) is 1. The van der Waals surface area contributed by atoms with Gasteiger partial charge in [0.2, 0.25) is 5.91 Å². The van der Waals surface area contributed by atoms with E-state index in [-0.39, 0.29) is 17.7 Å². The number of anilines is 1. The van der Waals surface area contributed by atoms with E-state index in [2.05, 4.69) is 10.3 Å². The first kappa shape index (κ1) is 14.8. The second kappa shape index (κ2) is 6.31. The first-order valence-corrected chi connectivity index (χ1v) is 8.07. The second-order valence-electron chi connectivity index (χ2n) is 5.35. The van der Waals surface area contributed by atoms with Crippen LogP contribution in [0.25, 0.3) is 0 Å². The topological polar surface area (TPSA) is 75.4 Å². The lowest BCUT2D eigenvalue weighted by atomic mass is 9.97. The summed E-state index contributed by atoms with van der Waals surface area (Å²) in [6.45, 7) is 2.95. The monoisotopic (exact) mass is 319 g/mol. The van der Waals surface area contributed by atoms with Gasteiger partial charge in [0.15, 0.2) is 10.9 Å². The molecule has 1 fully saturated rings. The number of furan rings is 1. The normalized spacial score (nSPS) is 18.2. The van der Waals surface area contributed by atoms with E-state index in [4.69, 9.17) is 4.42 Å². The molecule has 116 valence electrons. The Morgan fingerprint density at radius 3 is 3.05 bits per heavy atom. The van der Waals surface area contributed by atoms with Crippen LogP contribution < -0.4 is 5.32 Å². The largest absolute Gasteiger partial charge is 0.459 e. The summed E-state index contributed by atoms with van der Waals surface area (Å²) < 4.78 is 5.14. The maximum atomic E-state index is 12.3. The number of amides is 2. The van der Waals surface area contributed by atoms with Gasteiger partial charge in [-0.1, -0.05) is 0 Å². The van der Waals surface area contributed by atoms with Crippen LogP contribution >= 0.6 is 11.3 Å². The van der Waals surface area contributed by atoms with Crippen LogP contribution in [-0.2, 0) is 4.79 Å². The number of carbonyl (C=O) groups is 2. The number of carbonyl (C=O) groups excluding carboxylic acids is 2. The van der Waals surface area contributed by atoms with E-state index in [1.165, 1.54) is 17.6 Å². The van der Waals surface area contributed by atoms with Gasteiger partial charge < -0.3 is 14.6 Å². The average Bonchev–Trinajstić information content (AvgIpc) is 3.18. The molecular formula is C15H17N3O3S. The number of aromatic nitrogens is 1. The van der Waals surface area contributed by atoms with Crippen molar-refractivity contribution in [3.05, 3.63) is 35.2 Å². The van der Waals surface area contributed by atoms with Crippen LogP contribution in [0.1, 0.15) is 29.1 Å². The Morgan fingerprint density at radius 2 is 2.36 bits per heavy atom. The van der Waals surface area contributed by atoms with Crippen LogP contribution in [0.2, 0.25) is 0 Å². The number of thiazole rings is 1. The van der Waals surface area contributed by atoms with E-state index in [0.717, 1.165) is 18.5 Å². The molecule has 1 N–H and O–H groups in total. The van der Waals surface area contributed by atoms with Crippen LogP contribution in [-0.4, -0.2) is 34.8 Å². The summed E-state index contributed by atoms with van der Waals surface area (Å²) >= 11 is 1.41. The van der Waals surface area contributed by atoms with Gasteiger partial charge in [-0.2, -0.15) is 0 Å². The Kier molecular flexibility index (Phi) is 4.24. The van der Waals surface area contributed by atoms with E-state index in [9.17, 15) is 9.59 Å². The van der Waals surface area contributed by atoms with Crippen molar-refractivity contribution in [2.75, 3.05) is 18.4 Å². The van der Waals surface area contributed by atoms with Crippen LogP contribution in [0, 0.1) is 12.8 Å². The summed E-state index contributed by atoms with van der Waals surface area (Å²) in [6, 6.07) is 3.33. The fourth-order valence-corrected chi connectivity index (χ4v) is 3.24. The summed E-state index contributed by atoms with van der Waals surface area (Å²) in [5, 5.41) is 5.33. The Balaban J connectivity index is 1.62. The minimum Gasteiger partial charge on any atom is -0.459 e. The summed E-state index contributed by atoms with van der Waals surface area (Å²) in [6.07, 6.45) is 3.06. The molecule has 7 heteroatoms. The van der Waals surface area contributed by atoms with Gasteiger partial charge in [-0.3, -0.25) is 9.59 Å². The molecule has 1 atom stereocenters. The van der Waals surface area contributed by atoms with Crippen LogP contribution in [0.3, 0.4) is 0 Å². The number of nitrogens with zero attached hydrogens (tertiary/aromatic N) is 2. The maximum Gasteiger partial charge on any atom is 0.289 e. The first-order chi connectivity index (χ1) is 10.6. The van der Waals surface area contributed by atoms with Gasteiger partial charge in [0.05, 0.1) is 17.9 Å². The summed E-state index contributed by atoms with van der Waals surface area (Å²) in [5.74, 6) is -0.132. The molecular weight excluding hydrogens is 302 g/mol. The molecule has 0 radical (unpaired) electrons. The molecule has 6 nitrogen and oxygen atoms in total. The zero-order valence-corrected chi connectivity index (χ0v) is 13.1. The van der Waals surface area contributed by atoms with Gasteiger partial charge in [0, 0.05) is 18.5 Å². The van der Waals surface area contributed by atoms with Crippen molar-refractivity contribution < 1.29 is 14.0 Å². The van der Waals surface area contributed by atoms with Gasteiger partial charge in [-0.25, -0.2) is 4.98 Å². The third-order valence-corrected chi connectivity index (χ3v) is 4.54. The van der Waals surface area contributed by atoms with Gasteiger partial charge in [0.25, 0.3) is 5.91 Å². The Hall–Kier alpha value is -2.15. The predicted octanol–water partition coefficient (Wildman–Crippen LogP) is 2.54. The third-order valence-electron chi connectivity index (χ3n) is 3.66. The second-order valence-corrected chi connectivity index (χ2v) is 6.21. The molecule has 0 unspecified atom stereocenters. The molecule has 1 saturated heterocycles. The smallest absolute Gasteiger partial charge is 0.289 e. The molecule has 3 heterocycles. The summed E-state index contributed by atoms with van der Waals surface area (Å²) in [7, 11) is 0. The number of hydrogen-bond donors (Lipinski definition) is 1. The zero-order chi connectivity index (χ0) is 15.5. The lowest BCUT2D eigenvalue weighted by Crippen LogP contribution is -2.43. The van der Waals surface area contributed by atoms with Crippen LogP contribution in [0.4, 0.5) is 5.13 Å². The fraction of sp³-hybridized carbons (Fsp3) is 0.400. The molecule has 0 bridgehead atoms. The maximum absolute atomic E-state index is 12.3. The molecule has 2 aromatic rings. The summed E-state index contributed by atoms with van der Waals surface area (Å²) in [4.78, 5) is 30.5. The standard InChI is InChI=1S/C15H17N3O3S/c1-10-9-22-15(16-10)17-13(19)11-4-2-6-18(8-11)14(20)12-5-3-7-21-12/h3,5,7,9,11H,2,4,6,8H2,1H3,(H,16,17,19)/t11-/m1/s1. The minimum absolute atomic E-state index is 0.0775. The molecule has 3 rings (SSSR count). The minimum atomic E-state index is -0.211. The van der Waals surface area contributed by atoms with E-state index in [0.29, 0.717) is 24.0 Å². The average molecular weight is 319 g/mol. The highest BCUT2D eigenvalue weighted by molar-refractivity contribution is 7.13. The molecule has 0 aromatic carbocycles. The SMILES string of the molecule is Cc1csc(NC(=O)[C@@H]2CCCN(C(=O)c3ccco3)C2)n1. The molecule has 1 aliphatic heterocycles. The quantitative estimate of drug-likeness (QED) is 0.943. The number of rotatable bonds is 3. The number of aryl methyl sites for hydroxylation is 1. The molecule has 2 aromatic heterocycles. The first-order valence-electron chi connectivity index (χ1n) is 7.19. The molecule has 0 spiro atoms. The molecule has 0 aliphatic carbocycles. The molecule has 2 amide bonds. The van der Waals surface area contributed by atoms with Crippen molar-refractivity contribution in [1.29, 1.82) is 0 Å². The zero-order valence-electron chi connectivity index (χ0n) is 12.2. The predicted molar refractivity (Wildman–Crippen MR) is 82.8 cm³/mol. The van der Waals surface area contributed by atoms with Crippen LogP contribution in [0.15, 0.2) is 28.2 Å². The van der Waals surface area contributed by atoms with E-state index >= 15 is 0 Å². The highest BCUT2D eigenvalue weighted by atomic mass is 32.1. The lowest BCUT2D eigenvalue weighted by Gasteiger charge is -2.31. The Morgan fingerprint density at radius 1 is 1.50 bits per heavy atom. The molecule has 1 aliphatic rings. The number of hydrogen-bond acceptors (Lipinski definition) is 5. The van der Waals surface area contributed by atoms with E-state index in [1.54, 1.807) is 17.0 Å². The number of piperidine rings is 1. The van der Waals surface area contributed by atoms with Crippen molar-refractivity contribution in [1.82, 2.24) is 9.88 Å². The van der Waals surface area contributed by atoms with Gasteiger partial charge in [0.1, 0.15) is 0 Å². The van der Waals surface area contributed by atoms with E-state index in [1.807, 2.05) is 12.3 Å². The van der Waals surface area contributed by atoms with Gasteiger partial charge >= 0.3 is 0 Å². The van der Waals surface area contributed by atoms with Crippen molar-refractivity contribution in [2.45, 2.75) is 19.8 Å². The van der Waals surface area contributed by atoms with Crippen molar-refractivity contribution in [2.24, 2.45) is 5.92 Å². The fourth-order valence-electron chi connectivity index (χ4n) is 2.55. The summed E-state index contributed by atoms with van der Waals surface area (Å²) in [5.41, 5.74) is 0.888. The third kappa shape index (κ3) is 3.19. The molecule has 0 saturated carbocycles. The molecule has 22 heavy (non-hydrogen) atoms. The van der Waals surface area contributed by atoms with E-state index < -0.39 is 0 Å². The number of likely N-dealkylation sites (tertiary alicyclic amines) is 1. The van der Waals surface area contributed by atoms with Crippen molar-refractivity contribution >= 4 is 28.3 Å².